The molecule has 0 aromatic heterocycles. The zero-order valence-electron chi connectivity index (χ0n) is 14.3. The molecule has 0 heterocycles. The van der Waals surface area contributed by atoms with Crippen molar-refractivity contribution in [2.45, 2.75) is 27.7 Å². The van der Waals surface area contributed by atoms with Crippen molar-refractivity contribution in [2.24, 2.45) is 0 Å². The van der Waals surface area contributed by atoms with Gasteiger partial charge in [0.15, 0.2) is 5.78 Å². The Hall–Kier alpha value is -1.76. The first-order valence-electron chi connectivity index (χ1n) is 7.66. The minimum atomic E-state index is -3.24. The lowest BCUT2D eigenvalue weighted by molar-refractivity contribution is -0.384. The van der Waals surface area contributed by atoms with Crippen LogP contribution in [0, 0.1) is 17.0 Å². The van der Waals surface area contributed by atoms with E-state index in [0.717, 1.165) is 0 Å². The summed E-state index contributed by atoms with van der Waals surface area (Å²) in [6, 6.07) is 3.07. The summed E-state index contributed by atoms with van der Waals surface area (Å²) in [6.45, 7) is 7.05. The molecule has 0 spiro atoms. The minimum Gasteiger partial charge on any atom is -0.379 e. The van der Waals surface area contributed by atoms with Crippen molar-refractivity contribution in [3.05, 3.63) is 33.4 Å². The normalized spacial score (nSPS) is 11.3. The number of nitrogens with zero attached hydrogens (tertiary/aromatic N) is 1. The molecule has 0 amide bonds. The number of benzene rings is 1. The van der Waals surface area contributed by atoms with Gasteiger partial charge in [-0.2, -0.15) is 0 Å². The quantitative estimate of drug-likeness (QED) is 0.293. The van der Waals surface area contributed by atoms with Gasteiger partial charge in [-0.15, -0.1) is 0 Å². The van der Waals surface area contributed by atoms with Gasteiger partial charge in [-0.3, -0.25) is 19.5 Å². The number of anilines is 1. The highest BCUT2D eigenvalue weighted by Gasteiger charge is 2.26. The minimum absolute atomic E-state index is 0.0332. The van der Waals surface area contributed by atoms with E-state index < -0.39 is 12.5 Å². The third kappa shape index (κ3) is 5.12. The molecule has 0 bridgehead atoms. The summed E-state index contributed by atoms with van der Waals surface area (Å²) in [6.07, 6.45) is 0.0651. The van der Waals surface area contributed by atoms with Gasteiger partial charge in [-0.1, -0.05) is 6.07 Å². The van der Waals surface area contributed by atoms with Crippen LogP contribution in [0.1, 0.15) is 36.7 Å². The summed E-state index contributed by atoms with van der Waals surface area (Å²) in [5, 5.41) is 14.3. The molecule has 0 radical (unpaired) electrons. The highest BCUT2D eigenvalue weighted by atomic mass is 31.2. The van der Waals surface area contributed by atoms with Gasteiger partial charge in [-0.05, 0) is 39.3 Å². The predicted molar refractivity (Wildman–Crippen MR) is 92.1 cm³/mol. The average molecular weight is 358 g/mol. The van der Waals surface area contributed by atoms with E-state index in [-0.39, 0.29) is 48.6 Å². The summed E-state index contributed by atoms with van der Waals surface area (Å²) < 4.78 is 22.8. The Kier molecular flexibility index (Phi) is 7.54. The van der Waals surface area contributed by atoms with E-state index in [1.54, 1.807) is 26.8 Å². The molecule has 1 rings (SSSR count). The van der Waals surface area contributed by atoms with Gasteiger partial charge in [0, 0.05) is 6.54 Å². The van der Waals surface area contributed by atoms with Crippen molar-refractivity contribution in [1.29, 1.82) is 0 Å². The number of aryl methyl sites for hydroxylation is 1. The van der Waals surface area contributed by atoms with Gasteiger partial charge in [-0.25, -0.2) is 0 Å². The molecule has 0 aliphatic heterocycles. The van der Waals surface area contributed by atoms with E-state index in [2.05, 4.69) is 5.32 Å². The van der Waals surface area contributed by atoms with Crippen molar-refractivity contribution in [1.82, 2.24) is 0 Å². The highest BCUT2D eigenvalue weighted by molar-refractivity contribution is 7.53. The lowest BCUT2D eigenvalue weighted by atomic mass is 10.0. The molecule has 0 atom stereocenters. The summed E-state index contributed by atoms with van der Waals surface area (Å²) in [5.74, 6) is -0.390. The summed E-state index contributed by atoms with van der Waals surface area (Å²) in [5.41, 5.74) is 0.623. The molecule has 1 N–H and O–H groups in total. The van der Waals surface area contributed by atoms with Crippen LogP contribution in [0.4, 0.5) is 11.4 Å². The molecular weight excluding hydrogens is 335 g/mol. The van der Waals surface area contributed by atoms with Crippen molar-refractivity contribution in [2.75, 3.05) is 31.2 Å². The first-order valence-corrected chi connectivity index (χ1v) is 9.39. The maximum absolute atomic E-state index is 12.4. The fourth-order valence-corrected chi connectivity index (χ4v) is 3.77. The van der Waals surface area contributed by atoms with Crippen LogP contribution in [-0.2, 0) is 13.6 Å². The second-order valence-corrected chi connectivity index (χ2v) is 7.25. The van der Waals surface area contributed by atoms with Crippen molar-refractivity contribution < 1.29 is 23.3 Å². The SMILES string of the molecule is CCOP(=O)(CCNc1c(C)ccc(C(C)=O)c1[N+](=O)[O-])OCC. The molecule has 1 aromatic carbocycles. The summed E-state index contributed by atoms with van der Waals surface area (Å²) >= 11 is 0. The summed E-state index contributed by atoms with van der Waals surface area (Å²) in [7, 11) is -3.24. The summed E-state index contributed by atoms with van der Waals surface area (Å²) in [4.78, 5) is 22.4. The number of carbonyl (C=O) groups excluding carboxylic acids is 1. The number of hydrogen-bond donors (Lipinski definition) is 1. The average Bonchev–Trinajstić information content (AvgIpc) is 2.48. The second kappa shape index (κ2) is 8.92. The number of carbonyl (C=O) groups is 1. The number of nitrogens with one attached hydrogen (secondary N) is 1. The zero-order valence-corrected chi connectivity index (χ0v) is 15.2. The standard InChI is InChI=1S/C15H23N2O6P/c1-5-22-24(21,23-6-2)10-9-16-14-11(3)7-8-13(12(4)18)15(14)17(19)20/h7-8,16H,5-6,9-10H2,1-4H3. The van der Waals surface area contributed by atoms with Gasteiger partial charge in [0.2, 0.25) is 0 Å². The predicted octanol–water partition coefficient (Wildman–Crippen LogP) is 3.78. The molecule has 24 heavy (non-hydrogen) atoms. The van der Waals surface area contributed by atoms with Crippen LogP contribution >= 0.6 is 7.60 Å². The first kappa shape index (κ1) is 20.3. The number of rotatable bonds is 10. The number of nitro groups is 1. The molecule has 1 aromatic rings. The Morgan fingerprint density at radius 1 is 1.29 bits per heavy atom. The van der Waals surface area contributed by atoms with Gasteiger partial charge in [0.05, 0.1) is 29.9 Å². The second-order valence-electron chi connectivity index (χ2n) is 5.06. The van der Waals surface area contributed by atoms with Gasteiger partial charge < -0.3 is 14.4 Å². The Bertz CT molecular complexity index is 652. The largest absolute Gasteiger partial charge is 0.379 e. The van der Waals surface area contributed by atoms with E-state index in [9.17, 15) is 19.5 Å². The number of Topliss-reactive ketones (excluding diaryl/α,β-unsaturated/α-hetero) is 1. The molecule has 0 aliphatic carbocycles. The van der Waals surface area contributed by atoms with E-state index in [4.69, 9.17) is 9.05 Å². The van der Waals surface area contributed by atoms with Crippen LogP contribution in [0.3, 0.4) is 0 Å². The lowest BCUT2D eigenvalue weighted by Crippen LogP contribution is -2.13. The van der Waals surface area contributed by atoms with E-state index in [0.29, 0.717) is 5.56 Å². The zero-order chi connectivity index (χ0) is 18.3. The number of nitro benzene ring substituents is 1. The fraction of sp³-hybridized carbons (Fsp3) is 0.533. The Balaban J connectivity index is 3.03. The van der Waals surface area contributed by atoms with E-state index in [1.807, 2.05) is 0 Å². The van der Waals surface area contributed by atoms with E-state index >= 15 is 0 Å². The molecule has 0 fully saturated rings. The van der Waals surface area contributed by atoms with Gasteiger partial charge in [0.25, 0.3) is 0 Å². The van der Waals surface area contributed by atoms with Crippen LogP contribution in [-0.4, -0.2) is 36.6 Å². The monoisotopic (exact) mass is 358 g/mol. The molecule has 0 aliphatic rings. The van der Waals surface area contributed by atoms with Crippen LogP contribution in [0.25, 0.3) is 0 Å². The van der Waals surface area contributed by atoms with Crippen LogP contribution in [0.5, 0.6) is 0 Å². The Morgan fingerprint density at radius 3 is 2.33 bits per heavy atom. The third-order valence-electron chi connectivity index (χ3n) is 3.29. The van der Waals surface area contributed by atoms with Gasteiger partial charge in [0.1, 0.15) is 5.69 Å². The lowest BCUT2D eigenvalue weighted by Gasteiger charge is -2.18. The van der Waals surface area contributed by atoms with Crippen molar-refractivity contribution >= 4 is 24.8 Å². The van der Waals surface area contributed by atoms with Crippen LogP contribution < -0.4 is 5.32 Å². The Labute approximate surface area is 141 Å². The fourth-order valence-electron chi connectivity index (χ4n) is 2.27. The smallest absolute Gasteiger partial charge is 0.332 e. The maximum atomic E-state index is 12.4. The van der Waals surface area contributed by atoms with Crippen molar-refractivity contribution in [3.63, 3.8) is 0 Å². The maximum Gasteiger partial charge on any atom is 0.332 e. The first-order chi connectivity index (χ1) is 11.3. The van der Waals surface area contributed by atoms with Crippen LogP contribution in [0.2, 0.25) is 0 Å². The molecule has 0 saturated heterocycles. The topological polar surface area (TPSA) is 108 Å². The molecule has 134 valence electrons. The molecule has 0 saturated carbocycles. The molecule has 0 unspecified atom stereocenters. The molecular formula is C15H23N2O6P. The molecule has 9 heteroatoms. The van der Waals surface area contributed by atoms with Gasteiger partial charge >= 0.3 is 13.3 Å². The molecule has 8 nitrogen and oxygen atoms in total. The van der Waals surface area contributed by atoms with Crippen molar-refractivity contribution in [3.8, 4) is 0 Å². The number of hydrogen-bond acceptors (Lipinski definition) is 7. The third-order valence-corrected chi connectivity index (χ3v) is 5.36. The number of ketones is 1. The van der Waals surface area contributed by atoms with E-state index in [1.165, 1.54) is 13.0 Å². The Morgan fingerprint density at radius 2 is 1.88 bits per heavy atom. The highest BCUT2D eigenvalue weighted by Crippen LogP contribution is 2.47. The van der Waals surface area contributed by atoms with Crippen LogP contribution in [0.15, 0.2) is 12.1 Å².